The summed E-state index contributed by atoms with van der Waals surface area (Å²) in [6, 6.07) is 18.7. The van der Waals surface area contributed by atoms with Crippen molar-refractivity contribution in [3.05, 3.63) is 89.6 Å². The molecular weight excluding hydrogens is 396 g/mol. The lowest BCUT2D eigenvalue weighted by molar-refractivity contribution is 0.0991. The van der Waals surface area contributed by atoms with Gasteiger partial charge in [0.05, 0.1) is 13.7 Å². The Morgan fingerprint density at radius 2 is 1.77 bits per heavy atom. The maximum atomic E-state index is 12.4. The zero-order valence-corrected chi connectivity index (χ0v) is 17.2. The SMILES string of the molecule is COc1ccc(OCc2ccc(C(=O)Nc3ncn(Cc4ccc(C)cc4)n3)o2)cc1. The largest absolute Gasteiger partial charge is 0.497 e. The molecule has 0 radical (unpaired) electrons. The van der Waals surface area contributed by atoms with E-state index < -0.39 is 5.91 Å². The Kier molecular flexibility index (Phi) is 5.98. The van der Waals surface area contributed by atoms with Gasteiger partial charge in [-0.05, 0) is 48.9 Å². The average molecular weight is 418 g/mol. The molecular formula is C23H22N4O4. The van der Waals surface area contributed by atoms with Gasteiger partial charge in [-0.3, -0.25) is 10.1 Å². The van der Waals surface area contributed by atoms with Crippen LogP contribution in [0.2, 0.25) is 0 Å². The predicted molar refractivity (Wildman–Crippen MR) is 114 cm³/mol. The van der Waals surface area contributed by atoms with E-state index in [0.29, 0.717) is 18.1 Å². The highest BCUT2D eigenvalue weighted by molar-refractivity contribution is 6.01. The summed E-state index contributed by atoms with van der Waals surface area (Å²) in [4.78, 5) is 16.6. The van der Waals surface area contributed by atoms with Crippen LogP contribution >= 0.6 is 0 Å². The molecule has 8 heteroatoms. The molecule has 2 aromatic carbocycles. The molecule has 0 atom stereocenters. The standard InChI is InChI=1S/C23H22N4O4/c1-16-3-5-17(6-4-16)13-27-15-24-23(26-27)25-22(28)21-12-11-20(31-21)14-30-19-9-7-18(29-2)8-10-19/h3-12,15H,13-14H2,1-2H3,(H,25,26,28). The Bertz CT molecular complexity index is 1150. The van der Waals surface area contributed by atoms with Crippen molar-refractivity contribution in [2.45, 2.75) is 20.1 Å². The Morgan fingerprint density at radius 1 is 1.03 bits per heavy atom. The number of aromatic nitrogens is 3. The van der Waals surface area contributed by atoms with Crippen LogP contribution in [0.3, 0.4) is 0 Å². The van der Waals surface area contributed by atoms with Gasteiger partial charge in [0.25, 0.3) is 5.91 Å². The van der Waals surface area contributed by atoms with Crippen LogP contribution in [0.25, 0.3) is 0 Å². The minimum Gasteiger partial charge on any atom is -0.497 e. The summed E-state index contributed by atoms with van der Waals surface area (Å²) < 4.78 is 18.0. The van der Waals surface area contributed by atoms with Gasteiger partial charge in [0.1, 0.15) is 30.2 Å². The van der Waals surface area contributed by atoms with E-state index in [1.54, 1.807) is 54.5 Å². The number of nitrogens with zero attached hydrogens (tertiary/aromatic N) is 3. The van der Waals surface area contributed by atoms with E-state index in [4.69, 9.17) is 13.9 Å². The molecule has 0 aliphatic rings. The average Bonchev–Trinajstić information content (AvgIpc) is 3.44. The summed E-state index contributed by atoms with van der Waals surface area (Å²) in [5.74, 6) is 1.89. The predicted octanol–water partition coefficient (Wildman–Crippen LogP) is 4.07. The third-order valence-electron chi connectivity index (χ3n) is 4.55. The second-order valence-electron chi connectivity index (χ2n) is 6.94. The van der Waals surface area contributed by atoms with Crippen molar-refractivity contribution in [3.63, 3.8) is 0 Å². The molecule has 8 nitrogen and oxygen atoms in total. The molecule has 0 aliphatic heterocycles. The fourth-order valence-electron chi connectivity index (χ4n) is 2.88. The number of furan rings is 1. The second kappa shape index (κ2) is 9.17. The number of benzene rings is 2. The number of hydrogen-bond acceptors (Lipinski definition) is 6. The third kappa shape index (κ3) is 5.30. The highest BCUT2D eigenvalue weighted by Crippen LogP contribution is 2.19. The summed E-state index contributed by atoms with van der Waals surface area (Å²) in [6.07, 6.45) is 1.58. The molecule has 0 saturated heterocycles. The van der Waals surface area contributed by atoms with Gasteiger partial charge in [0, 0.05) is 0 Å². The summed E-state index contributed by atoms with van der Waals surface area (Å²) in [5, 5.41) is 6.93. The van der Waals surface area contributed by atoms with Crippen LogP contribution in [0.1, 0.15) is 27.4 Å². The fraction of sp³-hybridized carbons (Fsp3) is 0.174. The molecule has 4 rings (SSSR count). The molecule has 0 fully saturated rings. The van der Waals surface area contributed by atoms with E-state index in [1.165, 1.54) is 5.56 Å². The van der Waals surface area contributed by atoms with Crippen LogP contribution in [0.4, 0.5) is 5.95 Å². The summed E-state index contributed by atoms with van der Waals surface area (Å²) in [7, 11) is 1.61. The number of carbonyl (C=O) groups is 1. The van der Waals surface area contributed by atoms with E-state index in [-0.39, 0.29) is 18.3 Å². The number of amides is 1. The van der Waals surface area contributed by atoms with Crippen molar-refractivity contribution >= 4 is 11.9 Å². The lowest BCUT2D eigenvalue weighted by atomic mass is 10.1. The van der Waals surface area contributed by atoms with Crippen molar-refractivity contribution in [1.82, 2.24) is 14.8 Å². The summed E-state index contributed by atoms with van der Waals surface area (Å²) in [6.45, 7) is 2.80. The lowest BCUT2D eigenvalue weighted by Crippen LogP contribution is -2.12. The molecule has 0 aliphatic carbocycles. The quantitative estimate of drug-likeness (QED) is 0.464. The molecule has 0 saturated carbocycles. The first-order chi connectivity index (χ1) is 15.1. The van der Waals surface area contributed by atoms with Crippen molar-refractivity contribution in [1.29, 1.82) is 0 Å². The van der Waals surface area contributed by atoms with E-state index in [1.807, 2.05) is 31.2 Å². The van der Waals surface area contributed by atoms with E-state index >= 15 is 0 Å². The molecule has 31 heavy (non-hydrogen) atoms. The van der Waals surface area contributed by atoms with Crippen molar-refractivity contribution < 1.29 is 18.7 Å². The first kappa shape index (κ1) is 20.2. The number of anilines is 1. The molecule has 0 unspecified atom stereocenters. The van der Waals surface area contributed by atoms with Gasteiger partial charge >= 0.3 is 0 Å². The summed E-state index contributed by atoms with van der Waals surface area (Å²) in [5.41, 5.74) is 2.29. The van der Waals surface area contributed by atoms with Crippen LogP contribution in [0.5, 0.6) is 11.5 Å². The van der Waals surface area contributed by atoms with Gasteiger partial charge in [-0.15, -0.1) is 5.10 Å². The zero-order chi connectivity index (χ0) is 21.6. The van der Waals surface area contributed by atoms with Crippen LogP contribution in [0, 0.1) is 6.92 Å². The highest BCUT2D eigenvalue weighted by Gasteiger charge is 2.14. The number of carbonyl (C=O) groups excluding carboxylic acids is 1. The Labute approximate surface area is 179 Å². The number of methoxy groups -OCH3 is 1. The van der Waals surface area contributed by atoms with Crippen molar-refractivity contribution in [3.8, 4) is 11.5 Å². The van der Waals surface area contributed by atoms with Gasteiger partial charge in [-0.2, -0.15) is 0 Å². The van der Waals surface area contributed by atoms with Gasteiger partial charge in [-0.25, -0.2) is 9.67 Å². The normalized spacial score (nSPS) is 10.6. The fourth-order valence-corrected chi connectivity index (χ4v) is 2.88. The molecule has 2 heterocycles. The second-order valence-corrected chi connectivity index (χ2v) is 6.94. The zero-order valence-electron chi connectivity index (χ0n) is 17.2. The Morgan fingerprint density at radius 3 is 2.52 bits per heavy atom. The number of nitrogens with one attached hydrogen (secondary N) is 1. The van der Waals surface area contributed by atoms with Crippen LogP contribution in [-0.2, 0) is 13.2 Å². The molecule has 1 amide bonds. The highest BCUT2D eigenvalue weighted by atomic mass is 16.5. The first-order valence-corrected chi connectivity index (χ1v) is 9.71. The van der Waals surface area contributed by atoms with Crippen molar-refractivity contribution in [2.24, 2.45) is 0 Å². The maximum Gasteiger partial charge on any atom is 0.293 e. The van der Waals surface area contributed by atoms with Crippen LogP contribution in [0.15, 0.2) is 71.4 Å². The van der Waals surface area contributed by atoms with Gasteiger partial charge < -0.3 is 13.9 Å². The van der Waals surface area contributed by atoms with Crippen LogP contribution in [-0.4, -0.2) is 27.8 Å². The number of aryl methyl sites for hydroxylation is 1. The van der Waals surface area contributed by atoms with Crippen LogP contribution < -0.4 is 14.8 Å². The molecule has 1 N–H and O–H groups in total. The summed E-state index contributed by atoms with van der Waals surface area (Å²) >= 11 is 0. The molecule has 158 valence electrons. The lowest BCUT2D eigenvalue weighted by Gasteiger charge is -2.05. The Hall–Kier alpha value is -4.07. The van der Waals surface area contributed by atoms with E-state index in [9.17, 15) is 4.79 Å². The van der Waals surface area contributed by atoms with Crippen molar-refractivity contribution in [2.75, 3.05) is 12.4 Å². The van der Waals surface area contributed by atoms with Gasteiger partial charge in [0.15, 0.2) is 5.76 Å². The minimum absolute atomic E-state index is 0.156. The Balaban J connectivity index is 1.31. The third-order valence-corrected chi connectivity index (χ3v) is 4.55. The number of hydrogen-bond donors (Lipinski definition) is 1. The van der Waals surface area contributed by atoms with Gasteiger partial charge in [-0.1, -0.05) is 29.8 Å². The topological polar surface area (TPSA) is 91.4 Å². The molecule has 0 spiro atoms. The van der Waals surface area contributed by atoms with E-state index in [0.717, 1.165) is 11.3 Å². The molecule has 4 aromatic rings. The number of rotatable bonds is 8. The monoisotopic (exact) mass is 418 g/mol. The minimum atomic E-state index is -0.427. The smallest absolute Gasteiger partial charge is 0.293 e. The number of ether oxygens (including phenoxy) is 2. The molecule has 2 aromatic heterocycles. The van der Waals surface area contributed by atoms with Gasteiger partial charge in [0.2, 0.25) is 5.95 Å². The molecule has 0 bridgehead atoms. The van der Waals surface area contributed by atoms with E-state index in [2.05, 4.69) is 15.4 Å². The first-order valence-electron chi connectivity index (χ1n) is 9.71. The maximum absolute atomic E-state index is 12.4.